The van der Waals surface area contributed by atoms with Crippen LogP contribution in [-0.2, 0) is 21.4 Å². The van der Waals surface area contributed by atoms with Crippen LogP contribution in [0, 0.1) is 0 Å². The molecule has 0 aliphatic heterocycles. The van der Waals surface area contributed by atoms with Gasteiger partial charge in [0, 0.05) is 24.8 Å². The molecule has 0 saturated heterocycles. The Labute approximate surface area is 161 Å². The van der Waals surface area contributed by atoms with Crippen molar-refractivity contribution in [2.45, 2.75) is 17.7 Å². The Morgan fingerprint density at radius 3 is 2.81 bits per heavy atom. The predicted molar refractivity (Wildman–Crippen MR) is 104 cm³/mol. The van der Waals surface area contributed by atoms with Gasteiger partial charge in [-0.15, -0.1) is 21.5 Å². The molecule has 3 aromatic rings. The largest absolute Gasteiger partial charge is 0.325 e. The lowest BCUT2D eigenvalue weighted by atomic mass is 10.2. The van der Waals surface area contributed by atoms with E-state index in [9.17, 15) is 13.2 Å². The number of nitrogens with one attached hydrogen (secondary N) is 1. The predicted octanol–water partition coefficient (Wildman–Crippen LogP) is 2.29. The number of aromatic nitrogens is 3. The molecular weight excluding hydrogens is 386 g/mol. The summed E-state index contributed by atoms with van der Waals surface area (Å²) in [6.07, 6.45) is 1.64. The number of nitrogens with zero attached hydrogens (tertiary/aromatic N) is 4. The molecule has 0 bridgehead atoms. The highest BCUT2D eigenvalue weighted by Gasteiger charge is 2.23. The van der Waals surface area contributed by atoms with Gasteiger partial charge in [0.15, 0.2) is 5.82 Å². The zero-order chi connectivity index (χ0) is 19.4. The molecule has 0 fully saturated rings. The second-order valence-corrected chi connectivity index (χ2v) is 8.98. The van der Waals surface area contributed by atoms with Gasteiger partial charge in [0.2, 0.25) is 5.91 Å². The van der Waals surface area contributed by atoms with Crippen molar-refractivity contribution in [3.8, 4) is 11.4 Å². The van der Waals surface area contributed by atoms with Crippen molar-refractivity contribution in [3.05, 3.63) is 48.1 Å². The number of hydrogen-bond acceptors (Lipinski definition) is 6. The van der Waals surface area contributed by atoms with Gasteiger partial charge in [-0.3, -0.25) is 4.79 Å². The van der Waals surface area contributed by atoms with Crippen molar-refractivity contribution in [2.24, 2.45) is 0 Å². The number of carbonyl (C=O) groups excluding carboxylic acids is 1. The third-order valence-corrected chi connectivity index (χ3v) is 7.06. The molecule has 0 radical (unpaired) electrons. The Morgan fingerprint density at radius 1 is 1.30 bits per heavy atom. The molecule has 1 aromatic carbocycles. The first-order chi connectivity index (χ1) is 12.9. The SMILES string of the molecule is CCn1cnnc1-c1cccc(NC(=O)CN(C)S(=O)(=O)c2cccs2)c1. The summed E-state index contributed by atoms with van der Waals surface area (Å²) >= 11 is 1.12. The zero-order valence-electron chi connectivity index (χ0n) is 14.9. The lowest BCUT2D eigenvalue weighted by Gasteiger charge is -2.16. The van der Waals surface area contributed by atoms with Crippen LogP contribution in [0.15, 0.2) is 52.3 Å². The van der Waals surface area contributed by atoms with E-state index < -0.39 is 15.9 Å². The van der Waals surface area contributed by atoms with Gasteiger partial charge in [-0.25, -0.2) is 8.42 Å². The molecule has 1 N–H and O–H groups in total. The molecule has 8 nitrogen and oxygen atoms in total. The number of rotatable bonds is 7. The van der Waals surface area contributed by atoms with Gasteiger partial charge in [0.05, 0.1) is 6.54 Å². The van der Waals surface area contributed by atoms with Gasteiger partial charge in [-0.05, 0) is 30.5 Å². The Morgan fingerprint density at radius 2 is 2.11 bits per heavy atom. The highest BCUT2D eigenvalue weighted by molar-refractivity contribution is 7.91. The van der Waals surface area contributed by atoms with E-state index in [0.717, 1.165) is 27.8 Å². The van der Waals surface area contributed by atoms with E-state index in [0.29, 0.717) is 11.5 Å². The minimum Gasteiger partial charge on any atom is -0.325 e. The van der Waals surface area contributed by atoms with Gasteiger partial charge in [0.25, 0.3) is 10.0 Å². The Hall–Kier alpha value is -2.56. The molecule has 0 saturated carbocycles. The molecule has 0 spiro atoms. The van der Waals surface area contributed by atoms with Crippen molar-refractivity contribution in [1.29, 1.82) is 0 Å². The monoisotopic (exact) mass is 405 g/mol. The summed E-state index contributed by atoms with van der Waals surface area (Å²) in [5.41, 5.74) is 1.37. The fourth-order valence-electron chi connectivity index (χ4n) is 2.50. The standard InChI is InChI=1S/C17H19N5O3S2/c1-3-22-12-18-20-17(22)13-6-4-7-14(10-13)19-15(23)11-21(2)27(24,25)16-8-5-9-26-16/h4-10,12H,3,11H2,1-2H3,(H,19,23). The van der Waals surface area contributed by atoms with Gasteiger partial charge >= 0.3 is 0 Å². The molecule has 0 aliphatic rings. The summed E-state index contributed by atoms with van der Waals surface area (Å²) in [5, 5.41) is 12.4. The summed E-state index contributed by atoms with van der Waals surface area (Å²) in [6, 6.07) is 10.4. The number of likely N-dealkylation sites (N-methyl/N-ethyl adjacent to an activating group) is 1. The average molecular weight is 406 g/mol. The average Bonchev–Trinajstić information content (AvgIpc) is 3.33. The molecule has 0 unspecified atom stereocenters. The molecule has 3 rings (SSSR count). The first-order valence-electron chi connectivity index (χ1n) is 8.19. The fraction of sp³-hybridized carbons (Fsp3) is 0.235. The number of hydrogen-bond donors (Lipinski definition) is 1. The topological polar surface area (TPSA) is 97.2 Å². The van der Waals surface area contributed by atoms with E-state index in [1.165, 1.54) is 13.1 Å². The van der Waals surface area contributed by atoms with Crippen molar-refractivity contribution in [3.63, 3.8) is 0 Å². The minimum absolute atomic E-state index is 0.207. The Balaban J connectivity index is 1.71. The maximum absolute atomic E-state index is 12.4. The van der Waals surface area contributed by atoms with E-state index >= 15 is 0 Å². The van der Waals surface area contributed by atoms with Crippen LogP contribution in [-0.4, -0.2) is 47.0 Å². The lowest BCUT2D eigenvalue weighted by molar-refractivity contribution is -0.116. The van der Waals surface area contributed by atoms with Crippen LogP contribution in [0.3, 0.4) is 0 Å². The highest BCUT2D eigenvalue weighted by Crippen LogP contribution is 2.22. The summed E-state index contributed by atoms with van der Waals surface area (Å²) in [6.45, 7) is 2.43. The first-order valence-corrected chi connectivity index (χ1v) is 10.5. The normalized spacial score (nSPS) is 11.7. The number of carbonyl (C=O) groups is 1. The van der Waals surface area contributed by atoms with E-state index in [2.05, 4.69) is 15.5 Å². The smallest absolute Gasteiger partial charge is 0.252 e. The molecule has 27 heavy (non-hydrogen) atoms. The maximum Gasteiger partial charge on any atom is 0.252 e. The lowest BCUT2D eigenvalue weighted by Crippen LogP contribution is -2.34. The summed E-state index contributed by atoms with van der Waals surface area (Å²) in [4.78, 5) is 12.3. The molecular formula is C17H19N5O3S2. The molecule has 1 amide bonds. The minimum atomic E-state index is -3.67. The number of amides is 1. The van der Waals surface area contributed by atoms with Gasteiger partial charge in [0.1, 0.15) is 10.5 Å². The molecule has 0 atom stereocenters. The number of thiophene rings is 1. The Kier molecular flexibility index (Phi) is 5.68. The van der Waals surface area contributed by atoms with Crippen LogP contribution in [0.1, 0.15) is 6.92 Å². The fourth-order valence-corrected chi connectivity index (χ4v) is 4.83. The van der Waals surface area contributed by atoms with E-state index in [-0.39, 0.29) is 10.8 Å². The van der Waals surface area contributed by atoms with Crippen molar-refractivity contribution >= 4 is 33.0 Å². The Bertz CT molecular complexity index is 1030. The third-order valence-electron chi connectivity index (χ3n) is 3.89. The zero-order valence-corrected chi connectivity index (χ0v) is 16.5. The van der Waals surface area contributed by atoms with Gasteiger partial charge in [-0.2, -0.15) is 4.31 Å². The number of aryl methyl sites for hydroxylation is 1. The van der Waals surface area contributed by atoms with Crippen LogP contribution in [0.4, 0.5) is 5.69 Å². The van der Waals surface area contributed by atoms with Crippen LogP contribution in [0.25, 0.3) is 11.4 Å². The van der Waals surface area contributed by atoms with Crippen LogP contribution in [0.5, 0.6) is 0 Å². The molecule has 2 heterocycles. The van der Waals surface area contributed by atoms with Crippen LogP contribution < -0.4 is 5.32 Å². The van der Waals surface area contributed by atoms with Crippen molar-refractivity contribution in [1.82, 2.24) is 19.1 Å². The quantitative estimate of drug-likeness (QED) is 0.650. The summed E-state index contributed by atoms with van der Waals surface area (Å²) in [5.74, 6) is 0.276. The van der Waals surface area contributed by atoms with E-state index in [1.54, 1.807) is 36.0 Å². The number of sulfonamides is 1. The van der Waals surface area contributed by atoms with Gasteiger partial charge in [-0.1, -0.05) is 18.2 Å². The second-order valence-electron chi connectivity index (χ2n) is 5.76. The third kappa shape index (κ3) is 4.24. The second kappa shape index (κ2) is 7.99. The van der Waals surface area contributed by atoms with Crippen molar-refractivity contribution in [2.75, 3.05) is 18.9 Å². The van der Waals surface area contributed by atoms with Crippen LogP contribution >= 0.6 is 11.3 Å². The van der Waals surface area contributed by atoms with E-state index in [1.807, 2.05) is 17.6 Å². The molecule has 2 aromatic heterocycles. The van der Waals surface area contributed by atoms with Crippen molar-refractivity contribution < 1.29 is 13.2 Å². The van der Waals surface area contributed by atoms with E-state index in [4.69, 9.17) is 0 Å². The number of benzene rings is 1. The van der Waals surface area contributed by atoms with Crippen LogP contribution in [0.2, 0.25) is 0 Å². The molecule has 0 aliphatic carbocycles. The summed E-state index contributed by atoms with van der Waals surface area (Å²) in [7, 11) is -2.28. The summed E-state index contributed by atoms with van der Waals surface area (Å²) < 4.78 is 27.9. The number of anilines is 1. The first kappa shape index (κ1) is 19.2. The molecule has 10 heteroatoms. The van der Waals surface area contributed by atoms with Gasteiger partial charge < -0.3 is 9.88 Å². The molecule has 142 valence electrons. The highest BCUT2D eigenvalue weighted by atomic mass is 32.2. The maximum atomic E-state index is 12.4.